The highest BCUT2D eigenvalue weighted by molar-refractivity contribution is 7.85. The zero-order chi connectivity index (χ0) is 9.68. The summed E-state index contributed by atoms with van der Waals surface area (Å²) in [5, 5.41) is 2.45. The first kappa shape index (κ1) is 10.7. The Morgan fingerprint density at radius 2 is 2.46 bits per heavy atom. The Balaban J connectivity index is 2.20. The Labute approximate surface area is 80.5 Å². The van der Waals surface area contributed by atoms with Crippen LogP contribution in [-0.4, -0.2) is 41.4 Å². The van der Waals surface area contributed by atoms with Crippen molar-refractivity contribution in [3.05, 3.63) is 0 Å². The summed E-state index contributed by atoms with van der Waals surface area (Å²) in [7, 11) is 0.470. The second-order valence-electron chi connectivity index (χ2n) is 3.06. The number of rotatable bonds is 4. The lowest BCUT2D eigenvalue weighted by atomic mass is 10.3. The van der Waals surface area contributed by atoms with E-state index in [9.17, 15) is 9.00 Å². The van der Waals surface area contributed by atoms with Crippen LogP contribution < -0.4 is 5.32 Å². The molecule has 1 fully saturated rings. The lowest BCUT2D eigenvalue weighted by Crippen LogP contribution is -2.27. The molecule has 2 atom stereocenters. The van der Waals surface area contributed by atoms with E-state index in [0.717, 1.165) is 19.4 Å². The quantitative estimate of drug-likeness (QED) is 0.683. The second kappa shape index (κ2) is 5.34. The number of hydrogen-bond acceptors (Lipinski definition) is 3. The minimum atomic E-state index is -1.08. The molecule has 1 rings (SSSR count). The van der Waals surface area contributed by atoms with Crippen molar-refractivity contribution in [3.63, 3.8) is 0 Å². The molecule has 5 heteroatoms. The van der Waals surface area contributed by atoms with Crippen LogP contribution in [0.25, 0.3) is 0 Å². The van der Waals surface area contributed by atoms with Crippen molar-refractivity contribution in [2.24, 2.45) is 0 Å². The van der Waals surface area contributed by atoms with Gasteiger partial charge in [-0.05, 0) is 12.8 Å². The summed E-state index contributed by atoms with van der Waals surface area (Å²) < 4.78 is 16.7. The third kappa shape index (κ3) is 3.87. The summed E-state index contributed by atoms with van der Waals surface area (Å²) in [5.41, 5.74) is 0. The van der Waals surface area contributed by atoms with Gasteiger partial charge in [0.1, 0.15) is 5.75 Å². The highest BCUT2D eigenvalue weighted by Crippen LogP contribution is 2.12. The zero-order valence-corrected chi connectivity index (χ0v) is 8.56. The highest BCUT2D eigenvalue weighted by Gasteiger charge is 2.19. The molecule has 0 radical (unpaired) electrons. The second-order valence-corrected chi connectivity index (χ2v) is 4.56. The van der Waals surface area contributed by atoms with E-state index < -0.39 is 10.8 Å². The molecule has 2 unspecified atom stereocenters. The Hall–Kier alpha value is -0.420. The van der Waals surface area contributed by atoms with Gasteiger partial charge in [-0.25, -0.2) is 0 Å². The third-order valence-corrected chi connectivity index (χ3v) is 3.29. The molecule has 13 heavy (non-hydrogen) atoms. The van der Waals surface area contributed by atoms with Crippen LogP contribution in [-0.2, 0) is 20.3 Å². The van der Waals surface area contributed by atoms with Gasteiger partial charge in [0.15, 0.2) is 0 Å². The molecule has 0 bridgehead atoms. The van der Waals surface area contributed by atoms with Crippen molar-refractivity contribution in [2.75, 3.05) is 25.2 Å². The van der Waals surface area contributed by atoms with Gasteiger partial charge in [-0.1, -0.05) is 0 Å². The molecule has 0 saturated carbocycles. The molecule has 1 heterocycles. The van der Waals surface area contributed by atoms with E-state index in [1.165, 1.54) is 0 Å². The number of amides is 1. The summed E-state index contributed by atoms with van der Waals surface area (Å²) in [6.45, 7) is 0.766. The van der Waals surface area contributed by atoms with Gasteiger partial charge in [0.25, 0.3) is 0 Å². The number of ether oxygens (including phenoxy) is 1. The number of carbonyl (C=O) groups excluding carboxylic acids is 1. The molecule has 0 aromatic carbocycles. The normalized spacial score (nSPS) is 24.2. The van der Waals surface area contributed by atoms with Crippen LogP contribution in [0, 0.1) is 0 Å². The van der Waals surface area contributed by atoms with Gasteiger partial charge in [0, 0.05) is 24.5 Å². The van der Waals surface area contributed by atoms with Crippen LogP contribution in [0.4, 0.5) is 0 Å². The summed E-state index contributed by atoms with van der Waals surface area (Å²) in [6.07, 6.45) is 2.12. The molecule has 0 aromatic rings. The molecule has 1 saturated heterocycles. The molecule has 76 valence electrons. The largest absolute Gasteiger partial charge is 0.377 e. The molecular formula is C8H15NO3S. The van der Waals surface area contributed by atoms with Crippen LogP contribution in [0.5, 0.6) is 0 Å². The summed E-state index contributed by atoms with van der Waals surface area (Å²) >= 11 is 0. The molecule has 1 aliphatic heterocycles. The number of carbonyl (C=O) groups is 1. The Morgan fingerprint density at radius 3 is 3.00 bits per heavy atom. The molecule has 0 aliphatic carbocycles. The van der Waals surface area contributed by atoms with Crippen molar-refractivity contribution < 1.29 is 13.7 Å². The minimum Gasteiger partial charge on any atom is -0.377 e. The van der Waals surface area contributed by atoms with E-state index in [0.29, 0.717) is 5.75 Å². The maximum Gasteiger partial charge on any atom is 0.232 e. The van der Waals surface area contributed by atoms with Crippen LogP contribution in [0.2, 0.25) is 0 Å². The van der Waals surface area contributed by atoms with Gasteiger partial charge < -0.3 is 10.1 Å². The predicted octanol–water partition coefficient (Wildman–Crippen LogP) is -0.340. The molecule has 4 nitrogen and oxygen atoms in total. The summed E-state index contributed by atoms with van der Waals surface area (Å²) in [6, 6.07) is 0. The lowest BCUT2D eigenvalue weighted by Gasteiger charge is -2.07. The first-order valence-electron chi connectivity index (χ1n) is 4.39. The Kier molecular flexibility index (Phi) is 4.38. The maximum atomic E-state index is 11.3. The molecule has 0 aromatic heterocycles. The van der Waals surface area contributed by atoms with Crippen molar-refractivity contribution in [1.82, 2.24) is 5.32 Å². The maximum absolute atomic E-state index is 11.3. The Morgan fingerprint density at radius 1 is 1.69 bits per heavy atom. The first-order chi connectivity index (χ1) is 6.22. The van der Waals surface area contributed by atoms with Gasteiger partial charge in [-0.15, -0.1) is 0 Å². The van der Waals surface area contributed by atoms with E-state index in [-0.39, 0.29) is 17.8 Å². The molecule has 1 aliphatic rings. The fraction of sp³-hybridized carbons (Fsp3) is 0.875. The number of nitrogens with one attached hydrogen (secondary N) is 1. The summed E-state index contributed by atoms with van der Waals surface area (Å²) in [5.74, 6) is 0.417. The van der Waals surface area contributed by atoms with E-state index in [4.69, 9.17) is 4.74 Å². The molecule has 1 amide bonds. The SMILES string of the molecule is CNC(=O)CS(=O)CC1CCCO1. The fourth-order valence-corrected chi connectivity index (χ4v) is 2.49. The summed E-state index contributed by atoms with van der Waals surface area (Å²) in [4.78, 5) is 10.9. The van der Waals surface area contributed by atoms with Gasteiger partial charge >= 0.3 is 0 Å². The standard InChI is InChI=1S/C8H15NO3S/c1-9-8(10)6-13(11)5-7-3-2-4-12-7/h7H,2-6H2,1H3,(H,9,10). The highest BCUT2D eigenvalue weighted by atomic mass is 32.2. The Bertz CT molecular complexity index is 202. The minimum absolute atomic E-state index is 0.0936. The molecule has 0 spiro atoms. The van der Waals surface area contributed by atoms with Crippen LogP contribution in [0.3, 0.4) is 0 Å². The fourth-order valence-electron chi connectivity index (χ4n) is 1.26. The van der Waals surface area contributed by atoms with Crippen molar-refractivity contribution >= 4 is 16.7 Å². The average molecular weight is 205 g/mol. The van der Waals surface area contributed by atoms with Crippen molar-refractivity contribution in [3.8, 4) is 0 Å². The van der Waals surface area contributed by atoms with Gasteiger partial charge in [0.2, 0.25) is 5.91 Å². The molecular weight excluding hydrogens is 190 g/mol. The average Bonchev–Trinajstić information content (AvgIpc) is 2.56. The first-order valence-corrected chi connectivity index (χ1v) is 5.88. The van der Waals surface area contributed by atoms with E-state index >= 15 is 0 Å². The zero-order valence-electron chi connectivity index (χ0n) is 7.75. The van der Waals surface area contributed by atoms with E-state index in [1.807, 2.05) is 0 Å². The van der Waals surface area contributed by atoms with Gasteiger partial charge in [-0.2, -0.15) is 0 Å². The van der Waals surface area contributed by atoms with Crippen LogP contribution in [0.15, 0.2) is 0 Å². The van der Waals surface area contributed by atoms with E-state index in [1.54, 1.807) is 7.05 Å². The van der Waals surface area contributed by atoms with Crippen LogP contribution >= 0.6 is 0 Å². The monoisotopic (exact) mass is 205 g/mol. The number of hydrogen-bond donors (Lipinski definition) is 1. The topological polar surface area (TPSA) is 55.4 Å². The van der Waals surface area contributed by atoms with E-state index in [2.05, 4.69) is 5.32 Å². The van der Waals surface area contributed by atoms with Crippen molar-refractivity contribution in [2.45, 2.75) is 18.9 Å². The van der Waals surface area contributed by atoms with Gasteiger partial charge in [0.05, 0.1) is 11.9 Å². The third-order valence-electron chi connectivity index (χ3n) is 1.97. The van der Waals surface area contributed by atoms with Crippen LogP contribution in [0.1, 0.15) is 12.8 Å². The van der Waals surface area contributed by atoms with Crippen molar-refractivity contribution in [1.29, 1.82) is 0 Å². The lowest BCUT2D eigenvalue weighted by molar-refractivity contribution is -0.118. The predicted molar refractivity (Wildman–Crippen MR) is 50.9 cm³/mol. The smallest absolute Gasteiger partial charge is 0.232 e. The van der Waals surface area contributed by atoms with Gasteiger partial charge in [-0.3, -0.25) is 9.00 Å². The molecule has 1 N–H and O–H groups in total.